The molecular weight excluding hydrogens is 462 g/mol. The van der Waals surface area contributed by atoms with E-state index in [2.05, 4.69) is 56.0 Å². The first-order chi connectivity index (χ1) is 17.1. The van der Waals surface area contributed by atoms with E-state index in [4.69, 9.17) is 4.74 Å². The number of aromatic amines is 1. The molecule has 1 fully saturated rings. The molecule has 4 aromatic rings. The third-order valence-electron chi connectivity index (χ3n) is 5.81. The number of H-pyrrole nitrogens is 1. The van der Waals surface area contributed by atoms with Crippen LogP contribution >= 0.6 is 0 Å². The van der Waals surface area contributed by atoms with Crippen LogP contribution in [0.4, 0.5) is 5.69 Å². The number of hydrogen-bond acceptors (Lipinski definition) is 6. The molecule has 1 saturated heterocycles. The number of benzene rings is 2. The van der Waals surface area contributed by atoms with E-state index in [1.165, 1.54) is 11.6 Å². The van der Waals surface area contributed by atoms with Crippen molar-refractivity contribution in [1.82, 2.24) is 19.9 Å². The second-order valence-corrected chi connectivity index (χ2v) is 9.95. The molecule has 1 aliphatic rings. The van der Waals surface area contributed by atoms with E-state index in [0.717, 1.165) is 42.3 Å². The first kappa shape index (κ1) is 22.9. The molecule has 2 N–H and O–H groups in total. The van der Waals surface area contributed by atoms with Gasteiger partial charge < -0.3 is 15.0 Å². The maximum Gasteiger partial charge on any atom is 0.247 e. The minimum atomic E-state index is -0.664. The van der Waals surface area contributed by atoms with Gasteiger partial charge >= 0.3 is 0 Å². The number of carbonyl (C=O) groups excluding carboxylic acids is 1. The Morgan fingerprint density at radius 2 is 2.00 bits per heavy atom. The lowest BCUT2D eigenvalue weighted by Crippen LogP contribution is -2.37. The third-order valence-corrected chi connectivity index (χ3v) is 7.09. The standard InChI is InChI=1S/C26H25N5O3S/c1-2-23(32)29-20-4-3-5-21(14-20)34-24-16-28-26-25(30-24)22(15-27-26)19-8-6-18(7-9-19)17-31-10-12-35(33)13-11-31/h2-9,14-16H,1,10-13,17H2,(H,27,28)(H,29,32). The van der Waals surface area contributed by atoms with Gasteiger partial charge in [0.05, 0.1) is 6.20 Å². The smallest absolute Gasteiger partial charge is 0.247 e. The van der Waals surface area contributed by atoms with Crippen LogP contribution in [0.15, 0.2) is 73.6 Å². The van der Waals surface area contributed by atoms with Gasteiger partial charge in [0, 0.05) is 65.5 Å². The Labute approximate surface area is 205 Å². The van der Waals surface area contributed by atoms with Crippen LogP contribution < -0.4 is 10.1 Å². The second-order valence-electron chi connectivity index (χ2n) is 8.25. The molecule has 0 atom stereocenters. The molecular formula is C26H25N5O3S. The van der Waals surface area contributed by atoms with Crippen molar-refractivity contribution < 1.29 is 13.7 Å². The zero-order chi connectivity index (χ0) is 24.2. The Hall–Kier alpha value is -3.82. The molecule has 0 saturated carbocycles. The molecule has 178 valence electrons. The highest BCUT2D eigenvalue weighted by Gasteiger charge is 2.16. The van der Waals surface area contributed by atoms with Gasteiger partial charge in [-0.25, -0.2) is 9.97 Å². The summed E-state index contributed by atoms with van der Waals surface area (Å²) in [6.07, 6.45) is 4.67. The van der Waals surface area contributed by atoms with E-state index in [0.29, 0.717) is 28.5 Å². The summed E-state index contributed by atoms with van der Waals surface area (Å²) in [6.45, 7) is 6.06. The van der Waals surface area contributed by atoms with E-state index >= 15 is 0 Å². The number of rotatable bonds is 7. The summed E-state index contributed by atoms with van der Waals surface area (Å²) in [5.41, 5.74) is 5.17. The number of carbonyl (C=O) groups is 1. The molecule has 0 bridgehead atoms. The van der Waals surface area contributed by atoms with E-state index in [1.807, 2.05) is 6.20 Å². The number of nitrogens with zero attached hydrogens (tertiary/aromatic N) is 3. The fourth-order valence-corrected chi connectivity index (χ4v) is 5.11. The molecule has 2 aromatic heterocycles. The van der Waals surface area contributed by atoms with Crippen LogP contribution in [0.3, 0.4) is 0 Å². The van der Waals surface area contributed by atoms with Crippen LogP contribution in [0.1, 0.15) is 5.56 Å². The topological polar surface area (TPSA) is 100 Å². The summed E-state index contributed by atoms with van der Waals surface area (Å²) in [7, 11) is -0.664. The van der Waals surface area contributed by atoms with E-state index in [9.17, 15) is 9.00 Å². The van der Waals surface area contributed by atoms with Gasteiger partial charge in [-0.05, 0) is 29.3 Å². The van der Waals surface area contributed by atoms with Crippen molar-refractivity contribution in [2.24, 2.45) is 0 Å². The van der Waals surface area contributed by atoms with E-state index in [-0.39, 0.29) is 5.91 Å². The van der Waals surface area contributed by atoms with Crippen molar-refractivity contribution >= 4 is 33.6 Å². The van der Waals surface area contributed by atoms with Crippen LogP contribution in [0, 0.1) is 0 Å². The van der Waals surface area contributed by atoms with E-state index < -0.39 is 10.8 Å². The molecule has 0 spiro atoms. The highest BCUT2D eigenvalue weighted by molar-refractivity contribution is 7.85. The van der Waals surface area contributed by atoms with Crippen LogP contribution in [-0.4, -0.2) is 54.6 Å². The number of anilines is 1. The maximum atomic E-state index is 11.6. The van der Waals surface area contributed by atoms with Gasteiger partial charge in [0.15, 0.2) is 5.65 Å². The highest BCUT2D eigenvalue weighted by atomic mass is 32.2. The Kier molecular flexibility index (Phi) is 6.69. The molecule has 9 heteroatoms. The largest absolute Gasteiger partial charge is 0.437 e. The van der Waals surface area contributed by atoms with Crippen molar-refractivity contribution in [3.63, 3.8) is 0 Å². The van der Waals surface area contributed by atoms with E-state index in [1.54, 1.807) is 30.5 Å². The number of ether oxygens (including phenoxy) is 1. The summed E-state index contributed by atoms with van der Waals surface area (Å²) in [5.74, 6) is 2.10. The van der Waals surface area contributed by atoms with Gasteiger partial charge in [-0.3, -0.25) is 13.9 Å². The highest BCUT2D eigenvalue weighted by Crippen LogP contribution is 2.30. The Bertz CT molecular complexity index is 1390. The summed E-state index contributed by atoms with van der Waals surface area (Å²) >= 11 is 0. The Balaban J connectivity index is 1.33. The molecule has 8 nitrogen and oxygen atoms in total. The number of aromatic nitrogens is 3. The lowest BCUT2D eigenvalue weighted by atomic mass is 10.1. The molecule has 0 unspecified atom stereocenters. The molecule has 0 radical (unpaired) electrons. The van der Waals surface area contributed by atoms with Crippen molar-refractivity contribution in [2.45, 2.75) is 6.54 Å². The monoisotopic (exact) mass is 487 g/mol. The van der Waals surface area contributed by atoms with Gasteiger partial charge in [-0.15, -0.1) is 0 Å². The molecule has 1 amide bonds. The van der Waals surface area contributed by atoms with Gasteiger partial charge in [-0.1, -0.05) is 36.9 Å². The first-order valence-corrected chi connectivity index (χ1v) is 12.8. The number of hydrogen-bond donors (Lipinski definition) is 2. The quantitative estimate of drug-likeness (QED) is 0.381. The number of fused-ring (bicyclic) bond motifs is 1. The molecule has 5 rings (SSSR count). The second kappa shape index (κ2) is 10.2. The third kappa shape index (κ3) is 5.47. The van der Waals surface area contributed by atoms with Crippen molar-refractivity contribution in [1.29, 1.82) is 0 Å². The fourth-order valence-electron chi connectivity index (χ4n) is 3.98. The average Bonchev–Trinajstić information content (AvgIpc) is 3.29. The fraction of sp³-hybridized carbons (Fsp3) is 0.192. The summed E-state index contributed by atoms with van der Waals surface area (Å²) in [5, 5.41) is 2.71. The predicted octanol–water partition coefficient (Wildman–Crippen LogP) is 4.11. The summed E-state index contributed by atoms with van der Waals surface area (Å²) in [6, 6.07) is 15.5. The van der Waals surface area contributed by atoms with Gasteiger partial charge in [0.1, 0.15) is 11.3 Å². The summed E-state index contributed by atoms with van der Waals surface area (Å²) < 4.78 is 17.5. The van der Waals surface area contributed by atoms with Crippen molar-refractivity contribution in [3.05, 3.63) is 79.1 Å². The number of nitrogens with one attached hydrogen (secondary N) is 2. The lowest BCUT2D eigenvalue weighted by molar-refractivity contribution is -0.111. The molecule has 2 aromatic carbocycles. The van der Waals surface area contributed by atoms with Gasteiger partial charge in [-0.2, -0.15) is 0 Å². The predicted molar refractivity (Wildman–Crippen MR) is 138 cm³/mol. The first-order valence-electron chi connectivity index (χ1n) is 11.3. The average molecular weight is 488 g/mol. The van der Waals surface area contributed by atoms with Gasteiger partial charge in [0.2, 0.25) is 11.8 Å². The SMILES string of the molecule is C=CC(=O)Nc1cccc(Oc2cnc3[nH]cc(-c4ccc(CN5CCS(=O)CC5)cc4)c3n2)c1. The lowest BCUT2D eigenvalue weighted by Gasteiger charge is -2.26. The maximum absolute atomic E-state index is 11.6. The Morgan fingerprint density at radius 3 is 2.77 bits per heavy atom. The van der Waals surface area contributed by atoms with Crippen LogP contribution in [-0.2, 0) is 22.1 Å². The zero-order valence-corrected chi connectivity index (χ0v) is 19.9. The zero-order valence-electron chi connectivity index (χ0n) is 19.1. The van der Waals surface area contributed by atoms with Crippen LogP contribution in [0.25, 0.3) is 22.3 Å². The molecule has 3 heterocycles. The van der Waals surface area contributed by atoms with Gasteiger partial charge in [0.25, 0.3) is 0 Å². The van der Waals surface area contributed by atoms with Crippen molar-refractivity contribution in [2.75, 3.05) is 29.9 Å². The van der Waals surface area contributed by atoms with Crippen LogP contribution in [0.5, 0.6) is 11.6 Å². The minimum absolute atomic E-state index is 0.293. The molecule has 0 aliphatic carbocycles. The normalized spacial score (nSPS) is 14.6. The van der Waals surface area contributed by atoms with Crippen molar-refractivity contribution in [3.8, 4) is 22.8 Å². The minimum Gasteiger partial charge on any atom is -0.437 e. The Morgan fingerprint density at radius 1 is 1.20 bits per heavy atom. The van der Waals surface area contributed by atoms with Crippen LogP contribution in [0.2, 0.25) is 0 Å². The summed E-state index contributed by atoms with van der Waals surface area (Å²) in [4.78, 5) is 26.2. The number of amides is 1. The molecule has 35 heavy (non-hydrogen) atoms. The molecule has 1 aliphatic heterocycles.